The first-order chi connectivity index (χ1) is 7.54. The van der Waals surface area contributed by atoms with E-state index in [4.69, 9.17) is 10.3 Å². The van der Waals surface area contributed by atoms with Crippen molar-refractivity contribution in [3.63, 3.8) is 0 Å². The molecule has 90 valence electrons. The zero-order chi connectivity index (χ0) is 12.1. The van der Waals surface area contributed by atoms with E-state index in [-0.39, 0.29) is 11.8 Å². The molecule has 0 aliphatic heterocycles. The van der Waals surface area contributed by atoms with Crippen molar-refractivity contribution in [1.82, 2.24) is 10.5 Å². The van der Waals surface area contributed by atoms with Gasteiger partial charge in [-0.15, -0.1) is 0 Å². The van der Waals surface area contributed by atoms with Gasteiger partial charge in [0.2, 0.25) is 5.91 Å². The highest BCUT2D eigenvalue weighted by Crippen LogP contribution is 2.11. The predicted octanol–water partition coefficient (Wildman–Crippen LogP) is 0.893. The Labute approximate surface area is 95.4 Å². The van der Waals surface area contributed by atoms with Gasteiger partial charge in [-0.25, -0.2) is 0 Å². The van der Waals surface area contributed by atoms with Crippen molar-refractivity contribution in [2.24, 2.45) is 11.7 Å². The molecule has 1 aromatic rings. The smallest absolute Gasteiger partial charge is 0.220 e. The number of nitrogens with zero attached hydrogens (tertiary/aromatic N) is 1. The van der Waals surface area contributed by atoms with Gasteiger partial charge in [0.1, 0.15) is 5.76 Å². The Morgan fingerprint density at radius 2 is 2.25 bits per heavy atom. The molecule has 16 heavy (non-hydrogen) atoms. The number of aryl methyl sites for hydroxylation is 2. The maximum absolute atomic E-state index is 11.5. The molecule has 3 N–H and O–H groups in total. The Morgan fingerprint density at radius 1 is 1.56 bits per heavy atom. The van der Waals surface area contributed by atoms with E-state index in [1.807, 2.05) is 20.8 Å². The van der Waals surface area contributed by atoms with E-state index >= 15 is 0 Å². The molecule has 1 unspecified atom stereocenters. The summed E-state index contributed by atoms with van der Waals surface area (Å²) in [6.45, 7) is 6.65. The van der Waals surface area contributed by atoms with Gasteiger partial charge < -0.3 is 15.6 Å². The van der Waals surface area contributed by atoms with Crippen LogP contribution in [0.1, 0.15) is 30.4 Å². The van der Waals surface area contributed by atoms with Crippen molar-refractivity contribution in [1.29, 1.82) is 0 Å². The zero-order valence-electron chi connectivity index (χ0n) is 10.0. The molecule has 0 aromatic carbocycles. The second-order valence-corrected chi connectivity index (χ2v) is 4.12. The number of carbonyl (C=O) groups is 1. The van der Waals surface area contributed by atoms with Crippen LogP contribution in [0.15, 0.2) is 4.52 Å². The third-order valence-corrected chi connectivity index (χ3v) is 2.58. The van der Waals surface area contributed by atoms with Gasteiger partial charge in [-0.05, 0) is 26.3 Å². The molecule has 1 aromatic heterocycles. The summed E-state index contributed by atoms with van der Waals surface area (Å²) in [6, 6.07) is 0. The van der Waals surface area contributed by atoms with Crippen LogP contribution in [0.4, 0.5) is 0 Å². The minimum atomic E-state index is 0.0120. The monoisotopic (exact) mass is 225 g/mol. The van der Waals surface area contributed by atoms with Gasteiger partial charge in [0.15, 0.2) is 0 Å². The van der Waals surface area contributed by atoms with Crippen LogP contribution in [0.25, 0.3) is 0 Å². The topological polar surface area (TPSA) is 81.2 Å². The number of nitrogens with one attached hydrogen (secondary N) is 1. The number of nitrogens with two attached hydrogens (primary N) is 1. The van der Waals surface area contributed by atoms with Gasteiger partial charge in [0.05, 0.1) is 5.69 Å². The highest BCUT2D eigenvalue weighted by atomic mass is 16.5. The van der Waals surface area contributed by atoms with Crippen molar-refractivity contribution in [3.05, 3.63) is 17.0 Å². The molecule has 0 spiro atoms. The van der Waals surface area contributed by atoms with Gasteiger partial charge in [0.25, 0.3) is 0 Å². The molecule has 0 saturated carbocycles. The lowest BCUT2D eigenvalue weighted by atomic mass is 10.1. The maximum Gasteiger partial charge on any atom is 0.220 e. The third kappa shape index (κ3) is 3.34. The molecule has 1 heterocycles. The fourth-order valence-corrected chi connectivity index (χ4v) is 1.41. The normalized spacial score (nSPS) is 12.5. The highest BCUT2D eigenvalue weighted by Gasteiger charge is 2.11. The van der Waals surface area contributed by atoms with Crippen LogP contribution in [0.2, 0.25) is 0 Å². The van der Waals surface area contributed by atoms with Gasteiger partial charge in [-0.2, -0.15) is 0 Å². The summed E-state index contributed by atoms with van der Waals surface area (Å²) >= 11 is 0. The van der Waals surface area contributed by atoms with E-state index in [1.54, 1.807) is 0 Å². The Morgan fingerprint density at radius 3 is 2.75 bits per heavy atom. The van der Waals surface area contributed by atoms with Gasteiger partial charge in [0, 0.05) is 18.5 Å². The molecule has 0 saturated heterocycles. The molecule has 1 atom stereocenters. The van der Waals surface area contributed by atoms with Crippen LogP contribution in [0.5, 0.6) is 0 Å². The van der Waals surface area contributed by atoms with Crippen LogP contribution < -0.4 is 11.1 Å². The standard InChI is InChI=1S/C11H19N3O2/c1-7(5-12)4-11(15)13-6-10-8(2)14-16-9(10)3/h7H,4-6,12H2,1-3H3,(H,13,15). The molecule has 1 amide bonds. The first-order valence-electron chi connectivity index (χ1n) is 5.43. The number of hydrogen-bond acceptors (Lipinski definition) is 4. The summed E-state index contributed by atoms with van der Waals surface area (Å²) in [7, 11) is 0. The predicted molar refractivity (Wildman–Crippen MR) is 60.7 cm³/mol. The van der Waals surface area contributed by atoms with Crippen molar-refractivity contribution in [2.75, 3.05) is 6.54 Å². The second kappa shape index (κ2) is 5.65. The Bertz CT molecular complexity index is 341. The summed E-state index contributed by atoms with van der Waals surface area (Å²) in [4.78, 5) is 11.5. The molecule has 1 rings (SSSR count). The average Bonchev–Trinajstić information content (AvgIpc) is 2.56. The fraction of sp³-hybridized carbons (Fsp3) is 0.636. The minimum absolute atomic E-state index is 0.0120. The van der Waals surface area contributed by atoms with E-state index in [9.17, 15) is 4.79 Å². The molecule has 0 aliphatic rings. The fourth-order valence-electron chi connectivity index (χ4n) is 1.41. The summed E-state index contributed by atoms with van der Waals surface area (Å²) in [5.74, 6) is 0.979. The summed E-state index contributed by atoms with van der Waals surface area (Å²) in [5, 5.41) is 6.66. The van der Waals surface area contributed by atoms with E-state index < -0.39 is 0 Å². The number of rotatable bonds is 5. The van der Waals surface area contributed by atoms with Crippen molar-refractivity contribution in [3.8, 4) is 0 Å². The Hall–Kier alpha value is -1.36. The Kier molecular flexibility index (Phi) is 4.49. The van der Waals surface area contributed by atoms with Gasteiger partial charge >= 0.3 is 0 Å². The van der Waals surface area contributed by atoms with Gasteiger partial charge in [-0.1, -0.05) is 12.1 Å². The Balaban J connectivity index is 2.43. The lowest BCUT2D eigenvalue weighted by Gasteiger charge is -2.08. The SMILES string of the molecule is Cc1noc(C)c1CNC(=O)CC(C)CN. The lowest BCUT2D eigenvalue weighted by Crippen LogP contribution is -2.27. The molecular weight excluding hydrogens is 206 g/mol. The van der Waals surface area contributed by atoms with E-state index in [0.29, 0.717) is 19.5 Å². The average molecular weight is 225 g/mol. The first-order valence-corrected chi connectivity index (χ1v) is 5.43. The number of hydrogen-bond donors (Lipinski definition) is 2. The molecule has 0 aliphatic carbocycles. The first kappa shape index (κ1) is 12.7. The lowest BCUT2D eigenvalue weighted by molar-refractivity contribution is -0.122. The second-order valence-electron chi connectivity index (χ2n) is 4.12. The van der Waals surface area contributed by atoms with Crippen LogP contribution in [-0.2, 0) is 11.3 Å². The van der Waals surface area contributed by atoms with Crippen LogP contribution in [0, 0.1) is 19.8 Å². The maximum atomic E-state index is 11.5. The highest BCUT2D eigenvalue weighted by molar-refractivity contribution is 5.76. The summed E-state index contributed by atoms with van der Waals surface area (Å²) in [5.41, 5.74) is 7.23. The molecule has 0 bridgehead atoms. The molecule has 5 heteroatoms. The summed E-state index contributed by atoms with van der Waals surface area (Å²) < 4.78 is 5.01. The summed E-state index contributed by atoms with van der Waals surface area (Å²) in [6.07, 6.45) is 0.458. The molecule has 0 radical (unpaired) electrons. The number of amides is 1. The third-order valence-electron chi connectivity index (χ3n) is 2.58. The van der Waals surface area contributed by atoms with Crippen LogP contribution in [0.3, 0.4) is 0 Å². The molecule has 5 nitrogen and oxygen atoms in total. The largest absolute Gasteiger partial charge is 0.361 e. The van der Waals surface area contributed by atoms with Crippen molar-refractivity contribution >= 4 is 5.91 Å². The van der Waals surface area contributed by atoms with Crippen molar-refractivity contribution in [2.45, 2.75) is 33.7 Å². The number of carbonyl (C=O) groups excluding carboxylic acids is 1. The molecular formula is C11H19N3O2. The van der Waals surface area contributed by atoms with Crippen LogP contribution in [-0.4, -0.2) is 17.6 Å². The zero-order valence-corrected chi connectivity index (χ0v) is 10.0. The minimum Gasteiger partial charge on any atom is -0.361 e. The van der Waals surface area contributed by atoms with Crippen LogP contribution >= 0.6 is 0 Å². The van der Waals surface area contributed by atoms with Gasteiger partial charge in [-0.3, -0.25) is 4.79 Å². The number of aromatic nitrogens is 1. The van der Waals surface area contributed by atoms with E-state index in [2.05, 4.69) is 10.5 Å². The molecule has 0 fully saturated rings. The van der Waals surface area contributed by atoms with E-state index in [1.165, 1.54) is 0 Å². The quantitative estimate of drug-likeness (QED) is 0.779. The van der Waals surface area contributed by atoms with E-state index in [0.717, 1.165) is 17.0 Å². The van der Waals surface area contributed by atoms with Crippen molar-refractivity contribution < 1.29 is 9.32 Å².